The van der Waals surface area contributed by atoms with E-state index in [1.54, 1.807) is 30.3 Å². The van der Waals surface area contributed by atoms with Crippen LogP contribution in [0.5, 0.6) is 11.5 Å². The lowest BCUT2D eigenvalue weighted by molar-refractivity contribution is -0.116. The van der Waals surface area contributed by atoms with Gasteiger partial charge in [0.25, 0.3) is 5.56 Å². The summed E-state index contributed by atoms with van der Waals surface area (Å²) in [6.07, 6.45) is 0.124. The maximum Gasteiger partial charge on any atom is 0.257 e. The number of hydrogen-bond acceptors (Lipinski definition) is 6. The molecular weight excluding hydrogens is 409 g/mol. The first kappa shape index (κ1) is 18.7. The Bertz CT molecular complexity index is 1210. The number of nitrogens with one attached hydrogen (secondary N) is 2. The number of thioether (sulfide) groups is 1. The van der Waals surface area contributed by atoms with E-state index in [2.05, 4.69) is 15.3 Å². The highest BCUT2D eigenvalue weighted by Crippen LogP contribution is 2.40. The highest BCUT2D eigenvalue weighted by molar-refractivity contribution is 7.98. The number of carbonyl (C=O) groups excluding carboxylic acids is 1. The van der Waals surface area contributed by atoms with Crippen LogP contribution in [0.1, 0.15) is 29.0 Å². The standard InChI is InChI=1S/C21H16FN3O4S/c22-14-4-2-1-3-12(14)9-30-21-24-19-18(20(27)25-21)13(8-17(26)23-19)11-5-6-15-16(7-11)29-10-28-15/h1-7,13H,8-10H2,(H2,23,24,25,26,27). The molecule has 0 radical (unpaired) electrons. The first-order valence-electron chi connectivity index (χ1n) is 9.28. The molecule has 9 heteroatoms. The number of aromatic nitrogens is 2. The Morgan fingerprint density at radius 3 is 2.83 bits per heavy atom. The Morgan fingerprint density at radius 2 is 1.97 bits per heavy atom. The van der Waals surface area contributed by atoms with Crippen molar-refractivity contribution in [3.8, 4) is 11.5 Å². The zero-order chi connectivity index (χ0) is 20.7. The highest BCUT2D eigenvalue weighted by atomic mass is 32.2. The number of carbonyl (C=O) groups is 1. The fourth-order valence-electron chi connectivity index (χ4n) is 3.60. The second-order valence-electron chi connectivity index (χ2n) is 6.93. The van der Waals surface area contributed by atoms with E-state index in [1.165, 1.54) is 17.8 Å². The Labute approximate surface area is 174 Å². The number of benzene rings is 2. The number of anilines is 1. The molecule has 2 aliphatic heterocycles. The third kappa shape index (κ3) is 3.41. The molecule has 2 N–H and O–H groups in total. The number of rotatable bonds is 4. The third-order valence-electron chi connectivity index (χ3n) is 5.05. The van der Waals surface area contributed by atoms with Crippen molar-refractivity contribution >= 4 is 23.5 Å². The number of hydrogen-bond donors (Lipinski definition) is 2. The predicted octanol–water partition coefficient (Wildman–Crippen LogP) is 3.40. The van der Waals surface area contributed by atoms with Crippen LogP contribution in [-0.4, -0.2) is 22.7 Å². The fourth-order valence-corrected chi connectivity index (χ4v) is 4.44. The molecule has 1 aromatic heterocycles. The highest BCUT2D eigenvalue weighted by Gasteiger charge is 2.32. The summed E-state index contributed by atoms with van der Waals surface area (Å²) in [6.45, 7) is 0.144. The molecule has 3 heterocycles. The van der Waals surface area contributed by atoms with E-state index in [0.29, 0.717) is 33.5 Å². The smallest absolute Gasteiger partial charge is 0.257 e. The van der Waals surface area contributed by atoms with Crippen LogP contribution in [-0.2, 0) is 10.5 Å². The van der Waals surface area contributed by atoms with Crippen molar-refractivity contribution in [3.63, 3.8) is 0 Å². The second-order valence-corrected chi connectivity index (χ2v) is 7.90. The summed E-state index contributed by atoms with van der Waals surface area (Å²) in [4.78, 5) is 32.4. The molecular formula is C21H16FN3O4S. The van der Waals surface area contributed by atoms with Gasteiger partial charge >= 0.3 is 0 Å². The zero-order valence-electron chi connectivity index (χ0n) is 15.6. The van der Waals surface area contributed by atoms with Crippen molar-refractivity contribution in [3.05, 3.63) is 75.3 Å². The van der Waals surface area contributed by atoms with Crippen molar-refractivity contribution in [1.29, 1.82) is 0 Å². The van der Waals surface area contributed by atoms with Gasteiger partial charge in [0.1, 0.15) is 11.6 Å². The largest absolute Gasteiger partial charge is 0.454 e. The lowest BCUT2D eigenvalue weighted by atomic mass is 9.86. The average molecular weight is 425 g/mol. The molecule has 152 valence electrons. The molecule has 1 amide bonds. The van der Waals surface area contributed by atoms with Crippen LogP contribution in [0.4, 0.5) is 10.2 Å². The predicted molar refractivity (Wildman–Crippen MR) is 108 cm³/mol. The number of halogens is 1. The normalized spacial score (nSPS) is 16.8. The van der Waals surface area contributed by atoms with Gasteiger partial charge in [-0.1, -0.05) is 36.0 Å². The second kappa shape index (κ2) is 7.49. The van der Waals surface area contributed by atoms with Crippen molar-refractivity contribution in [2.45, 2.75) is 23.2 Å². The zero-order valence-corrected chi connectivity index (χ0v) is 16.4. The van der Waals surface area contributed by atoms with Crippen LogP contribution >= 0.6 is 11.8 Å². The van der Waals surface area contributed by atoms with Crippen molar-refractivity contribution in [1.82, 2.24) is 9.97 Å². The monoisotopic (exact) mass is 425 g/mol. The maximum atomic E-state index is 13.8. The van der Waals surface area contributed by atoms with Gasteiger partial charge in [-0.2, -0.15) is 0 Å². The van der Waals surface area contributed by atoms with Gasteiger partial charge < -0.3 is 19.8 Å². The summed E-state index contributed by atoms with van der Waals surface area (Å²) in [5, 5.41) is 3.00. The molecule has 0 spiro atoms. The van der Waals surface area contributed by atoms with E-state index >= 15 is 0 Å². The van der Waals surface area contributed by atoms with Crippen molar-refractivity contribution in [2.24, 2.45) is 0 Å². The molecule has 3 aromatic rings. The minimum atomic E-state index is -0.454. The van der Waals surface area contributed by atoms with Gasteiger partial charge in [-0.25, -0.2) is 9.37 Å². The maximum absolute atomic E-state index is 13.8. The van der Waals surface area contributed by atoms with Gasteiger partial charge in [0.2, 0.25) is 12.7 Å². The van der Waals surface area contributed by atoms with Crippen LogP contribution in [0.3, 0.4) is 0 Å². The topological polar surface area (TPSA) is 93.3 Å². The number of ether oxygens (including phenoxy) is 2. The van der Waals surface area contributed by atoms with Gasteiger partial charge in [-0.05, 0) is 29.3 Å². The van der Waals surface area contributed by atoms with Crippen molar-refractivity contribution < 1.29 is 18.7 Å². The summed E-state index contributed by atoms with van der Waals surface area (Å²) in [5.41, 5.74) is 1.34. The molecule has 0 fully saturated rings. The Hall–Kier alpha value is -3.33. The summed E-state index contributed by atoms with van der Waals surface area (Å²) < 4.78 is 24.6. The Morgan fingerprint density at radius 1 is 1.13 bits per heavy atom. The molecule has 2 aromatic carbocycles. The molecule has 1 unspecified atom stereocenters. The van der Waals surface area contributed by atoms with Crippen molar-refractivity contribution in [2.75, 3.05) is 12.1 Å². The third-order valence-corrected chi connectivity index (χ3v) is 5.97. The summed E-state index contributed by atoms with van der Waals surface area (Å²) in [7, 11) is 0. The molecule has 5 rings (SSSR count). The molecule has 30 heavy (non-hydrogen) atoms. The SMILES string of the molecule is O=C1CC(c2ccc3c(c2)OCO3)c2c(nc(SCc3ccccc3F)[nH]c2=O)N1. The van der Waals surface area contributed by atoms with Crippen LogP contribution in [0, 0.1) is 5.82 Å². The lowest BCUT2D eigenvalue weighted by Crippen LogP contribution is -2.31. The summed E-state index contributed by atoms with van der Waals surface area (Å²) >= 11 is 1.19. The molecule has 0 aliphatic carbocycles. The molecule has 0 saturated heterocycles. The molecule has 7 nitrogen and oxygen atoms in total. The van der Waals surface area contributed by atoms with E-state index in [-0.39, 0.29) is 36.3 Å². The number of H-pyrrole nitrogens is 1. The van der Waals surface area contributed by atoms with E-state index in [1.807, 2.05) is 6.07 Å². The van der Waals surface area contributed by atoms with E-state index in [0.717, 1.165) is 5.56 Å². The first-order valence-corrected chi connectivity index (χ1v) is 10.3. The van der Waals surface area contributed by atoms with Gasteiger partial charge in [-0.15, -0.1) is 0 Å². The summed E-state index contributed by atoms with van der Waals surface area (Å²) in [6, 6.07) is 11.8. The first-order chi connectivity index (χ1) is 14.6. The minimum Gasteiger partial charge on any atom is -0.454 e. The summed E-state index contributed by atoms with van der Waals surface area (Å²) in [5.74, 6) is 0.745. The van der Waals surface area contributed by atoms with E-state index in [4.69, 9.17) is 9.47 Å². The van der Waals surface area contributed by atoms with Gasteiger partial charge in [0.15, 0.2) is 16.7 Å². The Kier molecular flexibility index (Phi) is 4.66. The minimum absolute atomic E-state index is 0.124. The lowest BCUT2D eigenvalue weighted by Gasteiger charge is -2.24. The van der Waals surface area contributed by atoms with Crippen LogP contribution in [0.2, 0.25) is 0 Å². The average Bonchev–Trinajstić information content (AvgIpc) is 3.20. The van der Waals surface area contributed by atoms with Crippen LogP contribution < -0.4 is 20.3 Å². The number of fused-ring (bicyclic) bond motifs is 2. The Balaban J connectivity index is 1.47. The van der Waals surface area contributed by atoms with Gasteiger partial charge in [0.05, 0.1) is 5.56 Å². The molecule has 0 bridgehead atoms. The number of nitrogens with zero attached hydrogens (tertiary/aromatic N) is 1. The van der Waals surface area contributed by atoms with Crippen LogP contribution in [0.25, 0.3) is 0 Å². The number of amides is 1. The molecule has 1 atom stereocenters. The fraction of sp³-hybridized carbons (Fsp3) is 0.190. The quantitative estimate of drug-likeness (QED) is 0.492. The van der Waals surface area contributed by atoms with Crippen LogP contribution in [0.15, 0.2) is 52.4 Å². The van der Waals surface area contributed by atoms with Gasteiger partial charge in [-0.3, -0.25) is 9.59 Å². The molecule has 0 saturated carbocycles. The van der Waals surface area contributed by atoms with Gasteiger partial charge in [0, 0.05) is 18.1 Å². The molecule has 2 aliphatic rings. The van der Waals surface area contributed by atoms with E-state index < -0.39 is 5.92 Å². The van der Waals surface area contributed by atoms with E-state index in [9.17, 15) is 14.0 Å². The number of aromatic amines is 1.